The molecule has 25 heavy (non-hydrogen) atoms. The third-order valence-electron chi connectivity index (χ3n) is 4.73. The van der Waals surface area contributed by atoms with Crippen molar-refractivity contribution in [1.29, 1.82) is 0 Å². The van der Waals surface area contributed by atoms with E-state index < -0.39 is 17.6 Å². The summed E-state index contributed by atoms with van der Waals surface area (Å²) < 4.78 is 18.9. The quantitative estimate of drug-likeness (QED) is 0.826. The van der Waals surface area contributed by atoms with Gasteiger partial charge < -0.3 is 15.4 Å². The van der Waals surface area contributed by atoms with E-state index in [2.05, 4.69) is 10.6 Å². The first-order valence-electron chi connectivity index (χ1n) is 8.12. The van der Waals surface area contributed by atoms with Crippen LogP contribution in [0.5, 0.6) is 5.75 Å². The highest BCUT2D eigenvalue weighted by molar-refractivity contribution is 6.08. The van der Waals surface area contributed by atoms with Gasteiger partial charge in [-0.15, -0.1) is 0 Å². The van der Waals surface area contributed by atoms with E-state index in [1.54, 1.807) is 0 Å². The lowest BCUT2D eigenvalue weighted by molar-refractivity contribution is -0.145. The number of hydrogen-bond acceptors (Lipinski definition) is 3. The molecule has 2 N–H and O–H groups in total. The lowest BCUT2D eigenvalue weighted by Crippen LogP contribution is -2.62. The fraction of sp³-hybridized carbons (Fsp3) is 0.263. The summed E-state index contributed by atoms with van der Waals surface area (Å²) in [7, 11) is 0. The van der Waals surface area contributed by atoms with Crippen LogP contribution in [-0.2, 0) is 9.59 Å². The lowest BCUT2D eigenvalue weighted by atomic mass is 9.74. The summed E-state index contributed by atoms with van der Waals surface area (Å²) in [4.78, 5) is 25.4. The van der Waals surface area contributed by atoms with E-state index in [0.717, 1.165) is 5.56 Å². The summed E-state index contributed by atoms with van der Waals surface area (Å²) in [5, 5.41) is 5.52. The van der Waals surface area contributed by atoms with Crippen molar-refractivity contribution in [3.63, 3.8) is 0 Å². The summed E-state index contributed by atoms with van der Waals surface area (Å²) in [6.07, 6.45) is 0.511. The topological polar surface area (TPSA) is 67.4 Å². The first-order valence-corrected chi connectivity index (χ1v) is 8.12. The first-order chi connectivity index (χ1) is 12.0. The van der Waals surface area contributed by atoms with E-state index in [1.165, 1.54) is 24.3 Å². The van der Waals surface area contributed by atoms with Gasteiger partial charge in [-0.1, -0.05) is 18.2 Å². The van der Waals surface area contributed by atoms with Gasteiger partial charge in [0.05, 0.1) is 0 Å². The maximum atomic E-state index is 13.0. The van der Waals surface area contributed by atoms with Crippen molar-refractivity contribution in [1.82, 2.24) is 5.32 Å². The summed E-state index contributed by atoms with van der Waals surface area (Å²) in [6.45, 7) is 1.81. The van der Waals surface area contributed by atoms with Gasteiger partial charge in [-0.3, -0.25) is 9.59 Å². The number of fused-ring (bicyclic) bond motifs is 4. The molecule has 0 saturated carbocycles. The summed E-state index contributed by atoms with van der Waals surface area (Å²) in [5.74, 6) is -1.63. The molecular formula is C19H17FN2O3. The van der Waals surface area contributed by atoms with E-state index in [4.69, 9.17) is 4.74 Å². The predicted octanol–water partition coefficient (Wildman–Crippen LogP) is 2.79. The molecule has 0 unspecified atom stereocenters. The molecule has 0 aliphatic carbocycles. The fourth-order valence-corrected chi connectivity index (χ4v) is 3.64. The second kappa shape index (κ2) is 5.58. The zero-order chi connectivity index (χ0) is 17.6. The predicted molar refractivity (Wildman–Crippen MR) is 89.5 cm³/mol. The molecule has 5 nitrogen and oxygen atoms in total. The minimum Gasteiger partial charge on any atom is -0.468 e. The van der Waals surface area contributed by atoms with Gasteiger partial charge in [-0.05, 0) is 42.8 Å². The number of anilines is 1. The van der Waals surface area contributed by atoms with Crippen LogP contribution in [0.25, 0.3) is 0 Å². The van der Waals surface area contributed by atoms with Gasteiger partial charge in [-0.25, -0.2) is 4.39 Å². The number of para-hydroxylation sites is 1. The van der Waals surface area contributed by atoms with Crippen LogP contribution in [0.1, 0.15) is 24.8 Å². The zero-order valence-corrected chi connectivity index (χ0v) is 13.6. The van der Waals surface area contributed by atoms with E-state index >= 15 is 0 Å². The van der Waals surface area contributed by atoms with Crippen molar-refractivity contribution in [2.24, 2.45) is 5.92 Å². The summed E-state index contributed by atoms with van der Waals surface area (Å²) in [5.41, 5.74) is 0.491. The Labute approximate surface area is 144 Å². The number of halogens is 1. The van der Waals surface area contributed by atoms with Crippen LogP contribution in [-0.4, -0.2) is 17.5 Å². The van der Waals surface area contributed by atoms with Crippen molar-refractivity contribution < 1.29 is 18.7 Å². The zero-order valence-electron chi connectivity index (χ0n) is 13.6. The number of carbonyl (C=O) groups is 2. The maximum absolute atomic E-state index is 13.0. The lowest BCUT2D eigenvalue weighted by Gasteiger charge is -2.46. The highest BCUT2D eigenvalue weighted by Gasteiger charge is 2.51. The highest BCUT2D eigenvalue weighted by atomic mass is 19.1. The Morgan fingerprint density at radius 1 is 1.24 bits per heavy atom. The molecule has 0 spiro atoms. The van der Waals surface area contributed by atoms with Gasteiger partial charge >= 0.3 is 0 Å². The highest BCUT2D eigenvalue weighted by Crippen LogP contribution is 2.46. The van der Waals surface area contributed by atoms with Crippen molar-refractivity contribution in [3.05, 3.63) is 59.9 Å². The Kier molecular flexibility index (Phi) is 3.49. The van der Waals surface area contributed by atoms with Crippen LogP contribution in [0.15, 0.2) is 48.5 Å². The Balaban J connectivity index is 1.66. The fourth-order valence-electron chi connectivity index (χ4n) is 3.64. The Morgan fingerprint density at radius 2 is 1.96 bits per heavy atom. The van der Waals surface area contributed by atoms with Gasteiger partial charge in [0.15, 0.2) is 5.72 Å². The van der Waals surface area contributed by atoms with Crippen molar-refractivity contribution in [3.8, 4) is 5.75 Å². The first kappa shape index (κ1) is 15.6. The molecule has 2 aliphatic rings. The van der Waals surface area contributed by atoms with E-state index in [1.807, 2.05) is 31.2 Å². The molecule has 1 saturated heterocycles. The van der Waals surface area contributed by atoms with Crippen LogP contribution >= 0.6 is 0 Å². The minimum absolute atomic E-state index is 0.274. The average molecular weight is 340 g/mol. The van der Waals surface area contributed by atoms with Gasteiger partial charge in [0.1, 0.15) is 17.5 Å². The number of ether oxygens (including phenoxy) is 1. The third kappa shape index (κ3) is 2.73. The number of nitrogens with one attached hydrogen (secondary N) is 2. The second-order valence-corrected chi connectivity index (χ2v) is 6.64. The second-order valence-electron chi connectivity index (χ2n) is 6.64. The molecule has 0 radical (unpaired) electrons. The van der Waals surface area contributed by atoms with Gasteiger partial charge in [-0.2, -0.15) is 0 Å². The standard InChI is InChI=1S/C19H17FN2O3/c1-19-10-14(13-4-2-3-5-15(13)25-19)16(18(24)22-19)17(23)21-12-8-6-11(20)7-9-12/h2-9,14,16H,10H2,1H3,(H,21,23)(H,22,24)/t14-,16-,19-/m1/s1. The third-order valence-corrected chi connectivity index (χ3v) is 4.73. The number of hydrogen-bond donors (Lipinski definition) is 2. The molecule has 2 aromatic carbocycles. The molecule has 1 fully saturated rings. The summed E-state index contributed by atoms with van der Waals surface area (Å²) >= 11 is 0. The summed E-state index contributed by atoms with van der Waals surface area (Å²) in [6, 6.07) is 12.9. The van der Waals surface area contributed by atoms with Crippen molar-refractivity contribution in [2.45, 2.75) is 25.0 Å². The molecule has 128 valence electrons. The normalized spacial score (nSPS) is 26.9. The molecule has 2 heterocycles. The number of amides is 2. The molecule has 2 aliphatic heterocycles. The largest absolute Gasteiger partial charge is 0.468 e. The SMILES string of the molecule is C[C@]12C[C@H](c3ccccc3O1)[C@H](C(=O)Nc1ccc(F)cc1)C(=O)N2. The number of piperidine rings is 1. The molecule has 0 aromatic heterocycles. The number of carbonyl (C=O) groups excluding carboxylic acids is 2. The van der Waals surface area contributed by atoms with Crippen LogP contribution in [0.3, 0.4) is 0 Å². The Morgan fingerprint density at radius 3 is 2.72 bits per heavy atom. The van der Waals surface area contributed by atoms with Crippen LogP contribution in [0.4, 0.5) is 10.1 Å². The van der Waals surface area contributed by atoms with E-state index in [9.17, 15) is 14.0 Å². The monoisotopic (exact) mass is 340 g/mol. The molecule has 2 bridgehead atoms. The average Bonchev–Trinajstić information content (AvgIpc) is 2.56. The van der Waals surface area contributed by atoms with Crippen LogP contribution in [0, 0.1) is 11.7 Å². The Hall–Kier alpha value is -2.89. The molecular weight excluding hydrogens is 323 g/mol. The molecule has 3 atom stereocenters. The molecule has 2 aromatic rings. The van der Waals surface area contributed by atoms with Crippen LogP contribution in [0.2, 0.25) is 0 Å². The van der Waals surface area contributed by atoms with Crippen molar-refractivity contribution >= 4 is 17.5 Å². The van der Waals surface area contributed by atoms with Gasteiger partial charge in [0, 0.05) is 18.0 Å². The van der Waals surface area contributed by atoms with Crippen molar-refractivity contribution in [2.75, 3.05) is 5.32 Å². The minimum atomic E-state index is -0.872. The molecule has 6 heteroatoms. The van der Waals surface area contributed by atoms with Gasteiger partial charge in [0.2, 0.25) is 11.8 Å². The number of rotatable bonds is 2. The number of benzene rings is 2. The maximum Gasteiger partial charge on any atom is 0.237 e. The van der Waals surface area contributed by atoms with E-state index in [-0.39, 0.29) is 17.6 Å². The van der Waals surface area contributed by atoms with Gasteiger partial charge in [0.25, 0.3) is 0 Å². The molecule has 2 amide bonds. The molecule has 4 rings (SSSR count). The Bertz CT molecular complexity index is 852. The van der Waals surface area contributed by atoms with Crippen LogP contribution < -0.4 is 15.4 Å². The van der Waals surface area contributed by atoms with E-state index in [0.29, 0.717) is 17.9 Å². The smallest absolute Gasteiger partial charge is 0.237 e.